The summed E-state index contributed by atoms with van der Waals surface area (Å²) in [6.07, 6.45) is 4.45. The van der Waals surface area contributed by atoms with E-state index in [-0.39, 0.29) is 0 Å². The van der Waals surface area contributed by atoms with Crippen LogP contribution in [0.4, 0.5) is 0 Å². The van der Waals surface area contributed by atoms with Crippen molar-refractivity contribution in [2.45, 2.75) is 32.4 Å². The third-order valence-electron chi connectivity index (χ3n) is 2.57. The Labute approximate surface area is 86.7 Å². The van der Waals surface area contributed by atoms with Crippen LogP contribution in [-0.4, -0.2) is 22.1 Å². The van der Waals surface area contributed by atoms with Crippen LogP contribution >= 0.6 is 15.9 Å². The van der Waals surface area contributed by atoms with E-state index in [2.05, 4.69) is 30.8 Å². The molecule has 1 unspecified atom stereocenters. The molecule has 72 valence electrons. The first-order valence-electron chi connectivity index (χ1n) is 4.68. The molecule has 1 aromatic rings. The molecule has 13 heavy (non-hydrogen) atoms. The lowest BCUT2D eigenvalue weighted by molar-refractivity contribution is 0.497. The van der Waals surface area contributed by atoms with E-state index in [0.717, 1.165) is 23.5 Å². The molecule has 1 N–H and O–H groups in total. The molecule has 0 amide bonds. The second-order valence-corrected chi connectivity index (χ2v) is 4.34. The van der Waals surface area contributed by atoms with Crippen molar-refractivity contribution in [2.24, 2.45) is 0 Å². The zero-order valence-corrected chi connectivity index (χ0v) is 9.34. The summed E-state index contributed by atoms with van der Waals surface area (Å²) in [5.41, 5.74) is 0. The Morgan fingerprint density at radius 2 is 2.62 bits per heavy atom. The van der Waals surface area contributed by atoms with Gasteiger partial charge in [0.2, 0.25) is 0 Å². The van der Waals surface area contributed by atoms with E-state index in [0.29, 0.717) is 6.04 Å². The van der Waals surface area contributed by atoms with Crippen LogP contribution < -0.4 is 5.32 Å². The van der Waals surface area contributed by atoms with Gasteiger partial charge in [0.1, 0.15) is 10.4 Å². The van der Waals surface area contributed by atoms with E-state index in [4.69, 9.17) is 0 Å². The van der Waals surface area contributed by atoms with Crippen LogP contribution in [0.2, 0.25) is 0 Å². The minimum absolute atomic E-state index is 0.629. The van der Waals surface area contributed by atoms with Gasteiger partial charge in [0.05, 0.1) is 6.20 Å². The smallest absolute Gasteiger partial charge is 0.106 e. The minimum Gasteiger partial charge on any atom is -0.321 e. The number of hydrogen-bond acceptors (Lipinski definition) is 2. The number of aromatic nitrogens is 2. The van der Waals surface area contributed by atoms with Crippen molar-refractivity contribution >= 4 is 15.9 Å². The van der Waals surface area contributed by atoms with Crippen LogP contribution in [0.3, 0.4) is 0 Å². The molecule has 0 saturated carbocycles. The molecule has 1 aliphatic heterocycles. The fraction of sp³-hybridized carbons (Fsp3) is 0.667. The monoisotopic (exact) mass is 243 g/mol. The molecule has 1 aliphatic rings. The molecule has 1 saturated heterocycles. The van der Waals surface area contributed by atoms with Gasteiger partial charge in [0.15, 0.2) is 0 Å². The summed E-state index contributed by atoms with van der Waals surface area (Å²) in [5.74, 6) is 1.08. The lowest BCUT2D eigenvalue weighted by Gasteiger charge is -2.13. The lowest BCUT2D eigenvalue weighted by atomic mass is 10.2. The zero-order valence-electron chi connectivity index (χ0n) is 7.76. The maximum Gasteiger partial charge on any atom is 0.106 e. The number of hydrogen-bond donors (Lipinski definition) is 1. The van der Waals surface area contributed by atoms with Gasteiger partial charge >= 0.3 is 0 Å². The van der Waals surface area contributed by atoms with Crippen LogP contribution in [0.1, 0.15) is 18.7 Å². The van der Waals surface area contributed by atoms with E-state index < -0.39 is 0 Å². The summed E-state index contributed by atoms with van der Waals surface area (Å²) in [4.78, 5) is 4.25. The Kier molecular flexibility index (Phi) is 2.69. The van der Waals surface area contributed by atoms with Gasteiger partial charge in [-0.2, -0.15) is 0 Å². The van der Waals surface area contributed by atoms with Crippen molar-refractivity contribution in [3.8, 4) is 0 Å². The molecule has 0 radical (unpaired) electrons. The number of halogens is 1. The van der Waals surface area contributed by atoms with Crippen LogP contribution in [0.25, 0.3) is 0 Å². The largest absolute Gasteiger partial charge is 0.321 e. The summed E-state index contributed by atoms with van der Waals surface area (Å²) < 4.78 is 3.29. The fourth-order valence-electron chi connectivity index (χ4n) is 1.79. The first-order valence-corrected chi connectivity index (χ1v) is 5.47. The molecule has 0 aromatic carbocycles. The number of rotatable bonds is 2. The highest BCUT2D eigenvalue weighted by Crippen LogP contribution is 2.15. The Bertz CT molecular complexity index is 270. The van der Waals surface area contributed by atoms with E-state index in [1.54, 1.807) is 0 Å². The summed E-state index contributed by atoms with van der Waals surface area (Å²) in [5, 5.41) is 3.48. The quantitative estimate of drug-likeness (QED) is 0.858. The van der Waals surface area contributed by atoms with Crippen molar-refractivity contribution in [3.63, 3.8) is 0 Å². The Hall–Kier alpha value is -0.350. The Morgan fingerprint density at radius 3 is 3.15 bits per heavy atom. The second kappa shape index (κ2) is 3.80. The van der Waals surface area contributed by atoms with Crippen LogP contribution in [0, 0.1) is 6.92 Å². The van der Waals surface area contributed by atoms with Gasteiger partial charge in [-0.05, 0) is 42.2 Å². The van der Waals surface area contributed by atoms with Gasteiger partial charge in [0.25, 0.3) is 0 Å². The molecular weight excluding hydrogens is 230 g/mol. The third-order valence-corrected chi connectivity index (χ3v) is 3.20. The fourth-order valence-corrected chi connectivity index (χ4v) is 2.30. The molecule has 2 heterocycles. The predicted octanol–water partition coefficient (Wildman–Crippen LogP) is 1.71. The summed E-state index contributed by atoms with van der Waals surface area (Å²) in [7, 11) is 0. The molecule has 0 spiro atoms. The zero-order chi connectivity index (χ0) is 9.26. The van der Waals surface area contributed by atoms with Gasteiger partial charge in [-0.3, -0.25) is 0 Å². The molecule has 0 aliphatic carbocycles. The highest BCUT2D eigenvalue weighted by atomic mass is 79.9. The van der Waals surface area contributed by atoms with Gasteiger partial charge < -0.3 is 9.88 Å². The Morgan fingerprint density at radius 1 is 1.77 bits per heavy atom. The minimum atomic E-state index is 0.629. The molecule has 1 atom stereocenters. The summed E-state index contributed by atoms with van der Waals surface area (Å²) in [6.45, 7) is 4.24. The normalized spacial score (nSPS) is 22.5. The number of nitrogens with one attached hydrogen (secondary N) is 1. The molecule has 3 nitrogen and oxygen atoms in total. The average Bonchev–Trinajstić information content (AvgIpc) is 2.70. The maximum absolute atomic E-state index is 4.25. The van der Waals surface area contributed by atoms with Gasteiger partial charge in [-0.1, -0.05) is 0 Å². The molecular formula is C9H14BrN3. The SMILES string of the molecule is Cc1ncc(Br)n1CC1CCCN1. The van der Waals surface area contributed by atoms with Crippen molar-refractivity contribution in [3.05, 3.63) is 16.6 Å². The van der Waals surface area contributed by atoms with Crippen LogP contribution in [-0.2, 0) is 6.54 Å². The van der Waals surface area contributed by atoms with Crippen molar-refractivity contribution in [2.75, 3.05) is 6.54 Å². The van der Waals surface area contributed by atoms with Gasteiger partial charge in [-0.15, -0.1) is 0 Å². The van der Waals surface area contributed by atoms with E-state index in [1.807, 2.05) is 13.1 Å². The number of imidazole rings is 1. The summed E-state index contributed by atoms with van der Waals surface area (Å²) in [6, 6.07) is 0.629. The first-order chi connectivity index (χ1) is 6.27. The van der Waals surface area contributed by atoms with Gasteiger partial charge in [0, 0.05) is 12.6 Å². The Balaban J connectivity index is 2.07. The summed E-state index contributed by atoms with van der Waals surface area (Å²) >= 11 is 3.50. The molecule has 1 fully saturated rings. The van der Waals surface area contributed by atoms with Crippen molar-refractivity contribution < 1.29 is 0 Å². The molecule has 2 rings (SSSR count). The van der Waals surface area contributed by atoms with Gasteiger partial charge in [-0.25, -0.2) is 4.98 Å². The van der Waals surface area contributed by atoms with Crippen LogP contribution in [0.15, 0.2) is 10.8 Å². The maximum atomic E-state index is 4.25. The predicted molar refractivity (Wildman–Crippen MR) is 55.7 cm³/mol. The van der Waals surface area contributed by atoms with Crippen molar-refractivity contribution in [1.82, 2.24) is 14.9 Å². The highest BCUT2D eigenvalue weighted by molar-refractivity contribution is 9.10. The molecule has 1 aromatic heterocycles. The second-order valence-electron chi connectivity index (χ2n) is 3.53. The standard InChI is InChI=1S/C9H14BrN3/c1-7-12-5-9(10)13(7)6-8-3-2-4-11-8/h5,8,11H,2-4,6H2,1H3. The third kappa shape index (κ3) is 1.94. The highest BCUT2D eigenvalue weighted by Gasteiger charge is 2.16. The lowest BCUT2D eigenvalue weighted by Crippen LogP contribution is -2.27. The average molecular weight is 244 g/mol. The topological polar surface area (TPSA) is 29.9 Å². The molecule has 0 bridgehead atoms. The van der Waals surface area contributed by atoms with Crippen LogP contribution in [0.5, 0.6) is 0 Å². The number of aryl methyl sites for hydroxylation is 1. The number of nitrogens with zero attached hydrogens (tertiary/aromatic N) is 2. The van der Waals surface area contributed by atoms with E-state index in [1.165, 1.54) is 12.8 Å². The van der Waals surface area contributed by atoms with E-state index >= 15 is 0 Å². The molecule has 4 heteroatoms. The van der Waals surface area contributed by atoms with Crippen molar-refractivity contribution in [1.29, 1.82) is 0 Å². The van der Waals surface area contributed by atoms with E-state index in [9.17, 15) is 0 Å². The first kappa shape index (κ1) is 9.21.